The lowest BCUT2D eigenvalue weighted by Gasteiger charge is -2.39. The lowest BCUT2D eigenvalue weighted by atomic mass is 10.0. The summed E-state index contributed by atoms with van der Waals surface area (Å²) in [4.78, 5) is 33.9. The molecule has 0 radical (unpaired) electrons. The number of thiocarbonyl (C=S) groups is 1. The second-order valence-corrected chi connectivity index (χ2v) is 12.3. The molecule has 1 aliphatic carbocycles. The van der Waals surface area contributed by atoms with Gasteiger partial charge in [-0.1, -0.05) is 50.2 Å². The maximum Gasteiger partial charge on any atom is 0.270 e. The molecule has 10 heteroatoms. The van der Waals surface area contributed by atoms with Crippen LogP contribution in [0.1, 0.15) is 62.1 Å². The van der Waals surface area contributed by atoms with Crippen molar-refractivity contribution in [3.63, 3.8) is 0 Å². The molecule has 0 N–H and O–H groups in total. The Labute approximate surface area is 244 Å². The van der Waals surface area contributed by atoms with Crippen molar-refractivity contribution in [3.05, 3.63) is 62.0 Å². The van der Waals surface area contributed by atoms with E-state index in [1.54, 1.807) is 28.5 Å². The molecule has 3 fully saturated rings. The van der Waals surface area contributed by atoms with E-state index >= 15 is 0 Å². The van der Waals surface area contributed by atoms with E-state index in [9.17, 15) is 19.2 Å². The van der Waals surface area contributed by atoms with Gasteiger partial charge in [0.05, 0.1) is 4.91 Å². The van der Waals surface area contributed by atoms with E-state index in [0.29, 0.717) is 47.5 Å². The standard InChI is InChI=1S/C30H34FN5O2S2/c1-3-4-13-35-27(34-16-14-33(15-17-34)22-11-9-21(31)10-12-22)24(20(2)25(19-32)28(35)37)18-26-29(38)36(30(39)40-26)23-7-5-6-8-23/h9-12,18,23H,3-8,13-17H2,1-2H3/b26-18-. The van der Waals surface area contributed by atoms with Crippen LogP contribution in [0, 0.1) is 24.1 Å². The highest BCUT2D eigenvalue weighted by Crippen LogP contribution is 2.39. The van der Waals surface area contributed by atoms with Gasteiger partial charge in [0.15, 0.2) is 0 Å². The first-order valence-electron chi connectivity index (χ1n) is 14.0. The van der Waals surface area contributed by atoms with E-state index in [4.69, 9.17) is 12.2 Å². The molecule has 40 heavy (non-hydrogen) atoms. The molecule has 1 aromatic carbocycles. The van der Waals surface area contributed by atoms with Gasteiger partial charge in [0.2, 0.25) is 0 Å². The summed E-state index contributed by atoms with van der Waals surface area (Å²) in [5.74, 6) is 0.399. The average Bonchev–Trinajstić information content (AvgIpc) is 3.57. The van der Waals surface area contributed by atoms with Crippen molar-refractivity contribution >= 4 is 51.8 Å². The predicted molar refractivity (Wildman–Crippen MR) is 163 cm³/mol. The first-order chi connectivity index (χ1) is 19.3. The molecule has 210 valence electrons. The topological polar surface area (TPSA) is 72.6 Å². The first kappa shape index (κ1) is 28.4. The van der Waals surface area contributed by atoms with Crippen LogP contribution in [0.2, 0.25) is 0 Å². The molecule has 0 atom stereocenters. The largest absolute Gasteiger partial charge is 0.368 e. The number of hydrogen-bond acceptors (Lipinski definition) is 7. The Morgan fingerprint density at radius 1 is 1.10 bits per heavy atom. The number of rotatable bonds is 7. The second kappa shape index (κ2) is 12.1. The minimum absolute atomic E-state index is 0.0850. The molecule has 1 saturated carbocycles. The highest BCUT2D eigenvalue weighted by Gasteiger charge is 2.38. The summed E-state index contributed by atoms with van der Waals surface area (Å²) in [6.45, 7) is 7.01. The van der Waals surface area contributed by atoms with Crippen LogP contribution in [-0.4, -0.2) is 51.9 Å². The summed E-state index contributed by atoms with van der Waals surface area (Å²) in [7, 11) is 0. The fraction of sp³-hybridized carbons (Fsp3) is 0.467. The summed E-state index contributed by atoms with van der Waals surface area (Å²) in [5, 5.41) is 9.96. The highest BCUT2D eigenvalue weighted by atomic mass is 32.2. The Morgan fingerprint density at radius 2 is 1.75 bits per heavy atom. The predicted octanol–water partition coefficient (Wildman–Crippen LogP) is 5.44. The van der Waals surface area contributed by atoms with Gasteiger partial charge in [-0.15, -0.1) is 0 Å². The van der Waals surface area contributed by atoms with Crippen molar-refractivity contribution in [2.24, 2.45) is 0 Å². The number of anilines is 2. The average molecular weight is 580 g/mol. The first-order valence-corrected chi connectivity index (χ1v) is 15.3. The number of benzene rings is 1. The number of carbonyl (C=O) groups is 1. The number of aromatic nitrogens is 1. The molecular weight excluding hydrogens is 545 g/mol. The summed E-state index contributed by atoms with van der Waals surface area (Å²) in [6.07, 6.45) is 7.66. The van der Waals surface area contributed by atoms with Gasteiger partial charge >= 0.3 is 0 Å². The number of hydrogen-bond donors (Lipinski definition) is 0. The Hall–Kier alpha value is -3.16. The Balaban J connectivity index is 1.55. The Bertz CT molecular complexity index is 1430. The van der Waals surface area contributed by atoms with Crippen LogP contribution in [0.15, 0.2) is 34.0 Å². The number of pyridine rings is 1. The zero-order chi connectivity index (χ0) is 28.4. The molecular formula is C30H34FN5O2S2. The maximum atomic E-state index is 13.6. The van der Waals surface area contributed by atoms with E-state index in [0.717, 1.165) is 55.6 Å². The quantitative estimate of drug-likeness (QED) is 0.320. The Kier molecular flexibility index (Phi) is 8.62. The van der Waals surface area contributed by atoms with Crippen molar-refractivity contribution in [2.75, 3.05) is 36.0 Å². The molecule has 2 aromatic rings. The number of carbonyl (C=O) groups excluding carboxylic acids is 1. The van der Waals surface area contributed by atoms with Crippen molar-refractivity contribution in [2.45, 2.75) is 65.0 Å². The van der Waals surface area contributed by atoms with E-state index in [1.165, 1.54) is 23.9 Å². The van der Waals surface area contributed by atoms with E-state index in [1.807, 2.05) is 6.08 Å². The summed E-state index contributed by atoms with van der Waals surface area (Å²) >= 11 is 6.95. The van der Waals surface area contributed by atoms with Gasteiger partial charge in [-0.2, -0.15) is 5.26 Å². The van der Waals surface area contributed by atoms with Crippen LogP contribution < -0.4 is 15.4 Å². The summed E-state index contributed by atoms with van der Waals surface area (Å²) < 4.78 is 15.8. The molecule has 0 unspecified atom stereocenters. The van der Waals surface area contributed by atoms with Gasteiger partial charge in [-0.3, -0.25) is 19.1 Å². The maximum absolute atomic E-state index is 13.6. The van der Waals surface area contributed by atoms with Crippen molar-refractivity contribution < 1.29 is 9.18 Å². The van der Waals surface area contributed by atoms with Crippen LogP contribution >= 0.6 is 24.0 Å². The lowest BCUT2D eigenvalue weighted by molar-refractivity contribution is -0.123. The van der Waals surface area contributed by atoms with Crippen LogP contribution in [0.3, 0.4) is 0 Å². The van der Waals surface area contributed by atoms with Crippen molar-refractivity contribution in [1.29, 1.82) is 5.26 Å². The molecule has 2 aliphatic heterocycles. The van der Waals surface area contributed by atoms with Gasteiger partial charge in [-0.05, 0) is 62.1 Å². The molecule has 0 bridgehead atoms. The molecule has 0 spiro atoms. The van der Waals surface area contributed by atoms with Gasteiger partial charge in [0, 0.05) is 50.0 Å². The van der Waals surface area contributed by atoms with Gasteiger partial charge in [-0.25, -0.2) is 4.39 Å². The monoisotopic (exact) mass is 579 g/mol. The lowest BCUT2D eigenvalue weighted by Crippen LogP contribution is -2.48. The Morgan fingerprint density at radius 3 is 2.38 bits per heavy atom. The third-order valence-corrected chi connectivity index (χ3v) is 9.47. The van der Waals surface area contributed by atoms with Gasteiger partial charge in [0.25, 0.3) is 11.5 Å². The van der Waals surface area contributed by atoms with E-state index in [2.05, 4.69) is 22.8 Å². The molecule has 3 aliphatic rings. The molecule has 2 saturated heterocycles. The van der Waals surface area contributed by atoms with Crippen molar-refractivity contribution in [3.8, 4) is 6.07 Å². The number of unbranched alkanes of at least 4 members (excludes halogenated alkanes) is 1. The number of amides is 1. The normalized spacial score (nSPS) is 19.2. The fourth-order valence-electron chi connectivity index (χ4n) is 5.93. The number of halogens is 1. The van der Waals surface area contributed by atoms with Crippen molar-refractivity contribution in [1.82, 2.24) is 9.47 Å². The minimum Gasteiger partial charge on any atom is -0.368 e. The highest BCUT2D eigenvalue weighted by molar-refractivity contribution is 8.26. The number of nitrogens with zero attached hydrogens (tertiary/aromatic N) is 5. The number of thioether (sulfide) groups is 1. The molecule has 7 nitrogen and oxygen atoms in total. The third-order valence-electron chi connectivity index (χ3n) is 8.14. The van der Waals surface area contributed by atoms with Crippen LogP contribution in [0.4, 0.5) is 15.9 Å². The smallest absolute Gasteiger partial charge is 0.270 e. The molecule has 5 rings (SSSR count). The van der Waals surface area contributed by atoms with Gasteiger partial charge in [0.1, 0.15) is 27.6 Å². The summed E-state index contributed by atoms with van der Waals surface area (Å²) in [5.41, 5.74) is 2.09. The third kappa shape index (κ3) is 5.41. The second-order valence-electron chi connectivity index (χ2n) is 10.6. The molecule has 3 heterocycles. The zero-order valence-electron chi connectivity index (χ0n) is 23.0. The number of nitriles is 1. The SMILES string of the molecule is CCCCn1c(N2CCN(c3ccc(F)cc3)CC2)c(/C=C2\SC(=S)N(C3CCCC3)C2=O)c(C)c(C#N)c1=O. The number of piperazine rings is 1. The van der Waals surface area contributed by atoms with Crippen LogP contribution in [0.25, 0.3) is 6.08 Å². The molecule has 1 amide bonds. The van der Waals surface area contributed by atoms with Crippen LogP contribution in [-0.2, 0) is 11.3 Å². The van der Waals surface area contributed by atoms with E-state index in [-0.39, 0.29) is 28.9 Å². The van der Waals surface area contributed by atoms with Crippen LogP contribution in [0.5, 0.6) is 0 Å². The minimum atomic E-state index is -0.292. The zero-order valence-corrected chi connectivity index (χ0v) is 24.6. The fourth-order valence-corrected chi connectivity index (χ4v) is 7.31. The van der Waals surface area contributed by atoms with Gasteiger partial charge < -0.3 is 9.80 Å². The summed E-state index contributed by atoms with van der Waals surface area (Å²) in [6, 6.07) is 8.78. The van der Waals surface area contributed by atoms with E-state index < -0.39 is 0 Å². The molecule has 1 aromatic heterocycles.